The largest absolute Gasteiger partial charge is 0.508 e. The zero-order valence-electron chi connectivity index (χ0n) is 12.8. The summed E-state index contributed by atoms with van der Waals surface area (Å²) >= 11 is 0. The molecule has 3 rings (SSSR count). The Morgan fingerprint density at radius 3 is 2.84 bits per heavy atom. The van der Waals surface area contributed by atoms with Crippen LogP contribution in [-0.4, -0.2) is 34.9 Å². The van der Waals surface area contributed by atoms with E-state index in [4.69, 9.17) is 9.47 Å². The van der Waals surface area contributed by atoms with Crippen LogP contribution in [0.15, 0.2) is 47.6 Å². The standard InChI is InChI=1S/C16H13N3O6/c20-11-5-6-12(19(22)23)10(7-11)8-17-18-16(21)15-9-24-13-3-1-2-4-14(13)25-15/h1-8,15,20H,9H2,(H,18,21)/b17-8+/t15-/m0/s1. The van der Waals surface area contributed by atoms with Crippen LogP contribution < -0.4 is 14.9 Å². The molecule has 0 aliphatic carbocycles. The van der Waals surface area contributed by atoms with Crippen LogP contribution in [-0.2, 0) is 4.79 Å². The molecule has 0 unspecified atom stereocenters. The van der Waals surface area contributed by atoms with E-state index >= 15 is 0 Å². The van der Waals surface area contributed by atoms with Crippen molar-refractivity contribution >= 4 is 17.8 Å². The zero-order chi connectivity index (χ0) is 17.8. The van der Waals surface area contributed by atoms with Gasteiger partial charge in [0, 0.05) is 6.07 Å². The number of carbonyl (C=O) groups excluding carboxylic acids is 1. The van der Waals surface area contributed by atoms with E-state index in [1.807, 2.05) is 0 Å². The second kappa shape index (κ2) is 6.87. The number of amides is 1. The number of benzene rings is 2. The molecule has 0 bridgehead atoms. The maximum Gasteiger partial charge on any atom is 0.284 e. The van der Waals surface area contributed by atoms with Gasteiger partial charge >= 0.3 is 0 Å². The Balaban J connectivity index is 1.66. The van der Waals surface area contributed by atoms with Crippen LogP contribution in [0.2, 0.25) is 0 Å². The first-order valence-corrected chi connectivity index (χ1v) is 7.23. The van der Waals surface area contributed by atoms with E-state index in [0.717, 1.165) is 12.3 Å². The first-order chi connectivity index (χ1) is 12.0. The Labute approximate surface area is 141 Å². The highest BCUT2D eigenvalue weighted by molar-refractivity contribution is 5.88. The first kappa shape index (κ1) is 16.2. The lowest BCUT2D eigenvalue weighted by molar-refractivity contribution is -0.385. The molecule has 0 saturated heterocycles. The summed E-state index contributed by atoms with van der Waals surface area (Å²) < 4.78 is 10.9. The van der Waals surface area contributed by atoms with Gasteiger partial charge in [-0.1, -0.05) is 12.1 Å². The van der Waals surface area contributed by atoms with E-state index in [0.29, 0.717) is 11.5 Å². The number of phenols is 1. The van der Waals surface area contributed by atoms with Crippen LogP contribution in [0, 0.1) is 10.1 Å². The normalized spacial score (nSPS) is 15.8. The van der Waals surface area contributed by atoms with Crippen molar-refractivity contribution < 1.29 is 24.3 Å². The molecule has 0 radical (unpaired) electrons. The van der Waals surface area contributed by atoms with Crippen LogP contribution in [0.3, 0.4) is 0 Å². The van der Waals surface area contributed by atoms with Crippen molar-refractivity contribution in [3.8, 4) is 17.2 Å². The highest BCUT2D eigenvalue weighted by Crippen LogP contribution is 2.30. The molecule has 2 aromatic carbocycles. The molecule has 1 aliphatic rings. The van der Waals surface area contributed by atoms with Crippen molar-refractivity contribution in [1.82, 2.24) is 5.43 Å². The highest BCUT2D eigenvalue weighted by Gasteiger charge is 2.27. The molecule has 2 N–H and O–H groups in total. The maximum atomic E-state index is 12.1. The topological polar surface area (TPSA) is 123 Å². The number of hydrogen-bond acceptors (Lipinski definition) is 7. The summed E-state index contributed by atoms with van der Waals surface area (Å²) in [6.45, 7) is 0.0185. The minimum Gasteiger partial charge on any atom is -0.508 e. The molecule has 128 valence electrons. The van der Waals surface area contributed by atoms with Crippen molar-refractivity contribution in [3.05, 3.63) is 58.1 Å². The lowest BCUT2D eigenvalue weighted by Crippen LogP contribution is -2.42. The van der Waals surface area contributed by atoms with Gasteiger partial charge in [-0.25, -0.2) is 5.43 Å². The van der Waals surface area contributed by atoms with Crippen molar-refractivity contribution in [3.63, 3.8) is 0 Å². The maximum absolute atomic E-state index is 12.1. The molecule has 1 heterocycles. The molecular formula is C16H13N3O6. The van der Waals surface area contributed by atoms with E-state index in [2.05, 4.69) is 10.5 Å². The number of nitro benzene ring substituents is 1. The second-order valence-electron chi connectivity index (χ2n) is 5.10. The Bertz CT molecular complexity index is 852. The minimum atomic E-state index is -0.897. The third-order valence-corrected chi connectivity index (χ3v) is 3.39. The fraction of sp³-hybridized carbons (Fsp3) is 0.125. The lowest BCUT2D eigenvalue weighted by atomic mass is 10.2. The van der Waals surface area contributed by atoms with Crippen LogP contribution in [0.4, 0.5) is 5.69 Å². The average Bonchev–Trinajstić information content (AvgIpc) is 2.61. The van der Waals surface area contributed by atoms with Crippen molar-refractivity contribution in [1.29, 1.82) is 0 Å². The number of hydrogen-bond donors (Lipinski definition) is 2. The summed E-state index contributed by atoms with van der Waals surface area (Å²) in [5, 5.41) is 24.0. The summed E-state index contributed by atoms with van der Waals surface area (Å²) in [6, 6.07) is 10.4. The monoisotopic (exact) mass is 343 g/mol. The van der Waals surface area contributed by atoms with Crippen molar-refractivity contribution in [2.75, 3.05) is 6.61 Å². The fourth-order valence-corrected chi connectivity index (χ4v) is 2.20. The van der Waals surface area contributed by atoms with Gasteiger partial charge < -0.3 is 14.6 Å². The molecule has 0 fully saturated rings. The summed E-state index contributed by atoms with van der Waals surface area (Å²) in [6.07, 6.45) is 0.180. The summed E-state index contributed by atoms with van der Waals surface area (Å²) in [7, 11) is 0. The lowest BCUT2D eigenvalue weighted by Gasteiger charge is -2.24. The van der Waals surface area contributed by atoms with Crippen molar-refractivity contribution in [2.45, 2.75) is 6.10 Å². The number of aromatic hydroxyl groups is 1. The van der Waals surface area contributed by atoms with E-state index in [-0.39, 0.29) is 23.6 Å². The van der Waals surface area contributed by atoms with Crippen LogP contribution in [0.5, 0.6) is 17.2 Å². The average molecular weight is 343 g/mol. The molecule has 2 aromatic rings. The zero-order valence-corrected chi connectivity index (χ0v) is 12.8. The third kappa shape index (κ3) is 3.66. The van der Waals surface area contributed by atoms with Gasteiger partial charge in [-0.2, -0.15) is 5.10 Å². The van der Waals surface area contributed by atoms with E-state index in [1.54, 1.807) is 24.3 Å². The number of ether oxygens (including phenoxy) is 2. The van der Waals surface area contributed by atoms with Gasteiger partial charge in [-0.3, -0.25) is 14.9 Å². The number of para-hydroxylation sites is 2. The van der Waals surface area contributed by atoms with Gasteiger partial charge in [0.15, 0.2) is 11.5 Å². The molecule has 0 saturated carbocycles. The smallest absolute Gasteiger partial charge is 0.284 e. The molecular weight excluding hydrogens is 330 g/mol. The Morgan fingerprint density at radius 1 is 1.32 bits per heavy atom. The molecule has 0 spiro atoms. The second-order valence-corrected chi connectivity index (χ2v) is 5.10. The molecule has 9 nitrogen and oxygen atoms in total. The van der Waals surface area contributed by atoms with Crippen LogP contribution >= 0.6 is 0 Å². The number of phenolic OH excluding ortho intramolecular Hbond substituents is 1. The van der Waals surface area contributed by atoms with Gasteiger partial charge in [0.25, 0.3) is 11.6 Å². The predicted octanol–water partition coefficient (Wildman–Crippen LogP) is 1.59. The first-order valence-electron chi connectivity index (χ1n) is 7.23. The number of fused-ring (bicyclic) bond motifs is 1. The van der Waals surface area contributed by atoms with Gasteiger partial charge in [0.2, 0.25) is 6.10 Å². The highest BCUT2D eigenvalue weighted by atomic mass is 16.6. The Hall–Kier alpha value is -3.62. The molecule has 9 heteroatoms. The van der Waals surface area contributed by atoms with Crippen LogP contribution in [0.25, 0.3) is 0 Å². The predicted molar refractivity (Wildman–Crippen MR) is 86.9 cm³/mol. The van der Waals surface area contributed by atoms with E-state index in [9.17, 15) is 20.0 Å². The summed E-state index contributed by atoms with van der Waals surface area (Å²) in [5.41, 5.74) is 2.04. The molecule has 1 amide bonds. The van der Waals surface area contributed by atoms with Crippen molar-refractivity contribution in [2.24, 2.45) is 5.10 Å². The van der Waals surface area contributed by atoms with E-state index < -0.39 is 16.9 Å². The Kier molecular flexibility index (Phi) is 4.46. The number of hydrazone groups is 1. The van der Waals surface area contributed by atoms with E-state index in [1.165, 1.54) is 12.1 Å². The quantitative estimate of drug-likeness (QED) is 0.494. The SMILES string of the molecule is O=C(N/N=C/c1cc(O)ccc1[N+](=O)[O-])[C@@H]1COc2ccccc2O1. The van der Waals surface area contributed by atoms with Gasteiger partial charge in [-0.15, -0.1) is 0 Å². The number of carbonyl (C=O) groups is 1. The van der Waals surface area contributed by atoms with Gasteiger partial charge in [-0.05, 0) is 24.3 Å². The molecule has 25 heavy (non-hydrogen) atoms. The Morgan fingerprint density at radius 2 is 2.08 bits per heavy atom. The molecule has 0 aromatic heterocycles. The number of nitro groups is 1. The van der Waals surface area contributed by atoms with Gasteiger partial charge in [0.05, 0.1) is 16.7 Å². The number of nitrogens with zero attached hydrogens (tertiary/aromatic N) is 2. The number of rotatable bonds is 4. The third-order valence-electron chi connectivity index (χ3n) is 3.39. The van der Waals surface area contributed by atoms with Gasteiger partial charge in [0.1, 0.15) is 12.4 Å². The molecule has 1 atom stereocenters. The summed E-state index contributed by atoms with van der Waals surface area (Å²) in [5.74, 6) is 0.277. The fourth-order valence-electron chi connectivity index (χ4n) is 2.20. The minimum absolute atomic E-state index is 0.0185. The van der Waals surface area contributed by atoms with Crippen LogP contribution in [0.1, 0.15) is 5.56 Å². The summed E-state index contributed by atoms with van der Waals surface area (Å²) in [4.78, 5) is 22.4. The number of nitrogens with one attached hydrogen (secondary N) is 1. The molecule has 1 aliphatic heterocycles.